The number of aryl methyl sites for hydroxylation is 1. The summed E-state index contributed by atoms with van der Waals surface area (Å²) in [6.45, 7) is 8.24. The van der Waals surface area contributed by atoms with Crippen molar-refractivity contribution in [1.82, 2.24) is 0 Å². The van der Waals surface area contributed by atoms with Crippen LogP contribution < -0.4 is 5.32 Å². The van der Waals surface area contributed by atoms with Gasteiger partial charge in [0.2, 0.25) is 0 Å². The van der Waals surface area contributed by atoms with Crippen molar-refractivity contribution in [3.63, 3.8) is 0 Å². The van der Waals surface area contributed by atoms with Crippen molar-refractivity contribution in [2.24, 2.45) is 0 Å². The molecule has 0 saturated heterocycles. The smallest absolute Gasteiger partial charge is 0.0420 e. The van der Waals surface area contributed by atoms with E-state index in [1.165, 1.54) is 27.8 Å². The maximum atomic E-state index is 4.00. The van der Waals surface area contributed by atoms with Crippen LogP contribution in [0.25, 0.3) is 11.1 Å². The summed E-state index contributed by atoms with van der Waals surface area (Å²) in [7, 11) is 1.96. The van der Waals surface area contributed by atoms with Gasteiger partial charge in [0.15, 0.2) is 0 Å². The molecule has 20 heavy (non-hydrogen) atoms. The molecule has 102 valence electrons. The molecule has 0 atom stereocenters. The third-order valence-electron chi connectivity index (χ3n) is 3.55. The lowest BCUT2D eigenvalue weighted by Gasteiger charge is -2.14. The normalized spacial score (nSPS) is 11.8. The Balaban J connectivity index is 2.61. The summed E-state index contributed by atoms with van der Waals surface area (Å²) < 4.78 is 0. The van der Waals surface area contributed by atoms with E-state index in [1.807, 2.05) is 19.2 Å². The van der Waals surface area contributed by atoms with Crippen LogP contribution in [-0.2, 0) is 0 Å². The standard InChI is InChI=1S/C19H21N/c1-5-17(15(3)16-9-7-6-8-10-16)18-12-11-14(2)13-19(18)20-4/h5-13,20H,1H2,2-4H3/b17-15-. The molecule has 1 N–H and O–H groups in total. The van der Waals surface area contributed by atoms with E-state index in [0.717, 1.165) is 5.69 Å². The van der Waals surface area contributed by atoms with Gasteiger partial charge in [-0.1, -0.05) is 55.1 Å². The number of anilines is 1. The molecule has 0 heterocycles. The number of benzene rings is 2. The van der Waals surface area contributed by atoms with Gasteiger partial charge in [0.05, 0.1) is 0 Å². The SMILES string of the molecule is C=C/C(=C(\C)c1ccccc1)c1ccc(C)cc1NC. The molecule has 2 aromatic carbocycles. The van der Waals surface area contributed by atoms with E-state index in [4.69, 9.17) is 0 Å². The number of rotatable bonds is 4. The van der Waals surface area contributed by atoms with Crippen molar-refractivity contribution >= 4 is 16.8 Å². The van der Waals surface area contributed by atoms with Crippen LogP contribution in [-0.4, -0.2) is 7.05 Å². The first-order chi connectivity index (χ1) is 9.67. The highest BCUT2D eigenvalue weighted by molar-refractivity contribution is 5.97. The number of nitrogens with one attached hydrogen (secondary N) is 1. The van der Waals surface area contributed by atoms with Crippen LogP contribution in [0.5, 0.6) is 0 Å². The van der Waals surface area contributed by atoms with E-state index in [-0.39, 0.29) is 0 Å². The summed E-state index contributed by atoms with van der Waals surface area (Å²) in [5, 5.41) is 3.28. The Morgan fingerprint density at radius 3 is 2.40 bits per heavy atom. The number of hydrogen-bond acceptors (Lipinski definition) is 1. The largest absolute Gasteiger partial charge is 0.388 e. The molecular weight excluding hydrogens is 242 g/mol. The van der Waals surface area contributed by atoms with Crippen LogP contribution in [0.2, 0.25) is 0 Å². The van der Waals surface area contributed by atoms with Crippen molar-refractivity contribution in [2.45, 2.75) is 13.8 Å². The molecular formula is C19H21N. The molecule has 1 heteroatoms. The predicted molar refractivity (Wildman–Crippen MR) is 89.9 cm³/mol. The van der Waals surface area contributed by atoms with E-state index in [9.17, 15) is 0 Å². The first-order valence-electron chi connectivity index (χ1n) is 6.85. The Hall–Kier alpha value is -2.28. The third kappa shape index (κ3) is 2.83. The van der Waals surface area contributed by atoms with Gasteiger partial charge in [-0.25, -0.2) is 0 Å². The van der Waals surface area contributed by atoms with E-state index >= 15 is 0 Å². The molecule has 0 spiro atoms. The summed E-state index contributed by atoms with van der Waals surface area (Å²) in [4.78, 5) is 0. The average Bonchev–Trinajstić information content (AvgIpc) is 2.50. The summed E-state index contributed by atoms with van der Waals surface area (Å²) in [6, 6.07) is 16.9. The van der Waals surface area contributed by atoms with Gasteiger partial charge in [0, 0.05) is 18.3 Å². The van der Waals surface area contributed by atoms with E-state index in [0.29, 0.717) is 0 Å². The van der Waals surface area contributed by atoms with Crippen molar-refractivity contribution in [1.29, 1.82) is 0 Å². The van der Waals surface area contributed by atoms with Gasteiger partial charge in [-0.05, 0) is 42.2 Å². The molecule has 2 aromatic rings. The monoisotopic (exact) mass is 263 g/mol. The van der Waals surface area contributed by atoms with Gasteiger partial charge in [-0.15, -0.1) is 0 Å². The molecule has 0 aliphatic carbocycles. The van der Waals surface area contributed by atoms with Crippen molar-refractivity contribution in [3.8, 4) is 0 Å². The molecule has 2 rings (SSSR count). The first kappa shape index (κ1) is 14.1. The lowest BCUT2D eigenvalue weighted by atomic mass is 9.94. The second kappa shape index (κ2) is 6.25. The molecule has 0 fully saturated rings. The molecule has 1 nitrogen and oxygen atoms in total. The van der Waals surface area contributed by atoms with E-state index < -0.39 is 0 Å². The van der Waals surface area contributed by atoms with Gasteiger partial charge >= 0.3 is 0 Å². The minimum absolute atomic E-state index is 1.13. The summed E-state index contributed by atoms with van der Waals surface area (Å²) in [6.07, 6.45) is 1.94. The molecule has 0 amide bonds. The quantitative estimate of drug-likeness (QED) is 0.594. The fourth-order valence-electron chi connectivity index (χ4n) is 2.41. The Labute approximate surface area is 121 Å². The first-order valence-corrected chi connectivity index (χ1v) is 6.85. The summed E-state index contributed by atoms with van der Waals surface area (Å²) in [5.41, 5.74) is 7.20. The van der Waals surface area contributed by atoms with Crippen LogP contribution in [0, 0.1) is 6.92 Å². The highest BCUT2D eigenvalue weighted by atomic mass is 14.8. The van der Waals surface area contributed by atoms with Crippen LogP contribution in [0.1, 0.15) is 23.6 Å². The molecule has 0 aromatic heterocycles. The van der Waals surface area contributed by atoms with E-state index in [1.54, 1.807) is 0 Å². The van der Waals surface area contributed by atoms with Gasteiger partial charge in [-0.3, -0.25) is 0 Å². The Kier molecular flexibility index (Phi) is 4.41. The van der Waals surface area contributed by atoms with Crippen LogP contribution >= 0.6 is 0 Å². The maximum Gasteiger partial charge on any atom is 0.0420 e. The number of allylic oxidation sites excluding steroid dienone is 3. The number of hydrogen-bond donors (Lipinski definition) is 1. The zero-order chi connectivity index (χ0) is 14.5. The minimum Gasteiger partial charge on any atom is -0.388 e. The van der Waals surface area contributed by atoms with Crippen molar-refractivity contribution in [2.75, 3.05) is 12.4 Å². The highest BCUT2D eigenvalue weighted by Crippen LogP contribution is 2.31. The predicted octanol–water partition coefficient (Wildman–Crippen LogP) is 5.15. The fraction of sp³-hybridized carbons (Fsp3) is 0.158. The van der Waals surface area contributed by atoms with Gasteiger partial charge < -0.3 is 5.32 Å². The van der Waals surface area contributed by atoms with Crippen LogP contribution in [0.15, 0.2) is 61.2 Å². The zero-order valence-corrected chi connectivity index (χ0v) is 12.4. The third-order valence-corrected chi connectivity index (χ3v) is 3.55. The maximum absolute atomic E-state index is 4.00. The highest BCUT2D eigenvalue weighted by Gasteiger charge is 2.09. The Morgan fingerprint density at radius 1 is 1.10 bits per heavy atom. The summed E-state index contributed by atoms with van der Waals surface area (Å²) >= 11 is 0. The lowest BCUT2D eigenvalue weighted by molar-refractivity contribution is 1.41. The molecule has 0 bridgehead atoms. The molecule has 0 radical (unpaired) electrons. The fourth-order valence-corrected chi connectivity index (χ4v) is 2.41. The average molecular weight is 263 g/mol. The molecule has 0 aliphatic heterocycles. The van der Waals surface area contributed by atoms with Crippen molar-refractivity contribution in [3.05, 3.63) is 77.9 Å². The van der Waals surface area contributed by atoms with Gasteiger partial charge in [0.1, 0.15) is 0 Å². The van der Waals surface area contributed by atoms with Crippen LogP contribution in [0.4, 0.5) is 5.69 Å². The van der Waals surface area contributed by atoms with Crippen LogP contribution in [0.3, 0.4) is 0 Å². The molecule has 0 aliphatic rings. The lowest BCUT2D eigenvalue weighted by Crippen LogP contribution is -1.96. The minimum atomic E-state index is 1.13. The van der Waals surface area contributed by atoms with E-state index in [2.05, 4.69) is 68.2 Å². The second-order valence-corrected chi connectivity index (χ2v) is 4.91. The van der Waals surface area contributed by atoms with Gasteiger partial charge in [0.25, 0.3) is 0 Å². The Morgan fingerprint density at radius 2 is 1.80 bits per heavy atom. The van der Waals surface area contributed by atoms with Crippen molar-refractivity contribution < 1.29 is 0 Å². The summed E-state index contributed by atoms with van der Waals surface area (Å²) in [5.74, 6) is 0. The second-order valence-electron chi connectivity index (χ2n) is 4.91. The molecule has 0 unspecified atom stereocenters. The Bertz CT molecular complexity index is 636. The zero-order valence-electron chi connectivity index (χ0n) is 12.4. The topological polar surface area (TPSA) is 12.0 Å². The van der Waals surface area contributed by atoms with Gasteiger partial charge in [-0.2, -0.15) is 0 Å². The molecule has 0 saturated carbocycles.